The van der Waals surface area contributed by atoms with Crippen LogP contribution in [0.2, 0.25) is 5.02 Å². The predicted octanol–water partition coefficient (Wildman–Crippen LogP) is 4.38. The average molecular weight is 474 g/mol. The summed E-state index contributed by atoms with van der Waals surface area (Å²) in [6.45, 7) is 4.85. The lowest BCUT2D eigenvalue weighted by Gasteiger charge is -2.25. The van der Waals surface area contributed by atoms with E-state index >= 15 is 0 Å². The Morgan fingerprint density at radius 1 is 1.12 bits per heavy atom. The Labute approximate surface area is 200 Å². The molecular formula is C25H32ClN3O4. The van der Waals surface area contributed by atoms with Gasteiger partial charge < -0.3 is 19.3 Å². The van der Waals surface area contributed by atoms with E-state index in [2.05, 4.69) is 4.90 Å². The van der Waals surface area contributed by atoms with E-state index in [0.717, 1.165) is 16.8 Å². The van der Waals surface area contributed by atoms with Gasteiger partial charge in [-0.2, -0.15) is 5.10 Å². The maximum Gasteiger partial charge on any atom is 0.222 e. The van der Waals surface area contributed by atoms with Gasteiger partial charge in [0.1, 0.15) is 11.4 Å². The van der Waals surface area contributed by atoms with Crippen molar-refractivity contribution in [1.82, 2.24) is 14.7 Å². The van der Waals surface area contributed by atoms with Crippen LogP contribution in [0.15, 0.2) is 54.6 Å². The number of para-hydroxylation sites is 1. The molecule has 0 aliphatic rings. The number of halogens is 1. The number of aliphatic hydroxyl groups is 1. The van der Waals surface area contributed by atoms with Crippen LogP contribution in [0.1, 0.15) is 12.5 Å². The Morgan fingerprint density at radius 2 is 1.85 bits per heavy atom. The molecule has 0 amide bonds. The molecule has 0 aliphatic heterocycles. The van der Waals surface area contributed by atoms with Crippen molar-refractivity contribution >= 4 is 11.6 Å². The molecule has 0 aliphatic carbocycles. The van der Waals surface area contributed by atoms with Gasteiger partial charge in [0.2, 0.25) is 5.88 Å². The van der Waals surface area contributed by atoms with E-state index in [1.54, 1.807) is 17.9 Å². The molecule has 1 atom stereocenters. The van der Waals surface area contributed by atoms with E-state index in [1.807, 2.05) is 62.5 Å². The highest BCUT2D eigenvalue weighted by Gasteiger charge is 2.23. The molecule has 0 saturated carbocycles. The molecule has 8 heteroatoms. The van der Waals surface area contributed by atoms with Gasteiger partial charge in [-0.1, -0.05) is 54.1 Å². The summed E-state index contributed by atoms with van der Waals surface area (Å²) < 4.78 is 18.7. The number of aryl methyl sites for hydroxylation is 1. The summed E-state index contributed by atoms with van der Waals surface area (Å²) in [7, 11) is 3.52. The third-order valence-electron chi connectivity index (χ3n) is 5.16. The van der Waals surface area contributed by atoms with E-state index in [1.165, 1.54) is 0 Å². The summed E-state index contributed by atoms with van der Waals surface area (Å²) in [5, 5.41) is 15.8. The number of hydrogen-bond acceptors (Lipinski definition) is 6. The van der Waals surface area contributed by atoms with Crippen molar-refractivity contribution < 1.29 is 19.3 Å². The highest BCUT2D eigenvalue weighted by molar-refractivity contribution is 6.32. The Bertz CT molecular complexity index is 997. The fraction of sp³-hybridized carbons (Fsp3) is 0.400. The summed E-state index contributed by atoms with van der Waals surface area (Å²) in [5.74, 6) is 1.16. The van der Waals surface area contributed by atoms with Crippen molar-refractivity contribution in [3.05, 3.63) is 65.2 Å². The Balaban J connectivity index is 1.97. The second kappa shape index (κ2) is 12.7. The van der Waals surface area contributed by atoms with Gasteiger partial charge in [0.15, 0.2) is 0 Å². The first kappa shape index (κ1) is 25.2. The van der Waals surface area contributed by atoms with Crippen LogP contribution < -0.4 is 4.74 Å². The summed E-state index contributed by atoms with van der Waals surface area (Å²) in [5.41, 5.74) is 2.71. The van der Waals surface area contributed by atoms with Crippen LogP contribution in [-0.2, 0) is 23.1 Å². The maximum atomic E-state index is 10.5. The standard InChI is InChI=1S/C25H32ClN3O4/c1-4-32-18-20(30)16-29(14-15-31-3)17-21-24(19-10-6-5-7-11-19)27-28(2)25(21)33-23-13-9-8-12-22(23)26/h5-13,20,30H,4,14-18H2,1-3H3. The highest BCUT2D eigenvalue weighted by Crippen LogP contribution is 2.36. The molecule has 2 aromatic carbocycles. The van der Waals surface area contributed by atoms with Crippen molar-refractivity contribution in [3.8, 4) is 22.9 Å². The zero-order chi connectivity index (χ0) is 23.6. The normalized spacial score (nSPS) is 12.3. The molecule has 0 bridgehead atoms. The fourth-order valence-corrected chi connectivity index (χ4v) is 3.74. The number of rotatable bonds is 13. The van der Waals surface area contributed by atoms with E-state index in [-0.39, 0.29) is 6.61 Å². The molecule has 178 valence electrons. The minimum Gasteiger partial charge on any atom is -0.437 e. The highest BCUT2D eigenvalue weighted by atomic mass is 35.5. The SMILES string of the molecule is CCOCC(O)CN(CCOC)Cc1c(-c2ccccc2)nn(C)c1Oc1ccccc1Cl. The van der Waals surface area contributed by atoms with Crippen molar-refractivity contribution in [2.75, 3.05) is 40.0 Å². The summed E-state index contributed by atoms with van der Waals surface area (Å²) in [6.07, 6.45) is -0.619. The first-order chi connectivity index (χ1) is 16.0. The Kier molecular flexibility index (Phi) is 9.72. The van der Waals surface area contributed by atoms with E-state index in [9.17, 15) is 5.11 Å². The van der Waals surface area contributed by atoms with Crippen LogP contribution >= 0.6 is 11.6 Å². The minimum atomic E-state index is -0.619. The van der Waals surface area contributed by atoms with E-state index in [0.29, 0.717) is 49.5 Å². The van der Waals surface area contributed by atoms with Crippen LogP contribution in [0, 0.1) is 0 Å². The first-order valence-corrected chi connectivity index (χ1v) is 11.4. The lowest BCUT2D eigenvalue weighted by atomic mass is 10.1. The van der Waals surface area contributed by atoms with E-state index in [4.69, 9.17) is 30.9 Å². The number of aliphatic hydroxyl groups excluding tert-OH is 1. The molecule has 7 nitrogen and oxygen atoms in total. The molecule has 3 rings (SSSR count). The van der Waals surface area contributed by atoms with Crippen LogP contribution in [0.25, 0.3) is 11.3 Å². The molecule has 1 heterocycles. The van der Waals surface area contributed by atoms with Gasteiger partial charge >= 0.3 is 0 Å². The molecule has 1 aromatic heterocycles. The van der Waals surface area contributed by atoms with Crippen molar-refractivity contribution in [2.45, 2.75) is 19.6 Å². The molecule has 0 spiro atoms. The van der Waals surface area contributed by atoms with Gasteiger partial charge in [0.05, 0.1) is 29.9 Å². The molecular weight excluding hydrogens is 442 g/mol. The number of ether oxygens (including phenoxy) is 3. The third-order valence-corrected chi connectivity index (χ3v) is 5.47. The third kappa shape index (κ3) is 7.03. The zero-order valence-corrected chi connectivity index (χ0v) is 20.2. The smallest absolute Gasteiger partial charge is 0.222 e. The molecule has 0 saturated heterocycles. The number of hydrogen-bond donors (Lipinski definition) is 1. The van der Waals surface area contributed by atoms with Gasteiger partial charge in [0.25, 0.3) is 0 Å². The van der Waals surface area contributed by atoms with Gasteiger partial charge in [0, 0.05) is 46.0 Å². The summed E-state index contributed by atoms with van der Waals surface area (Å²) in [4.78, 5) is 2.12. The van der Waals surface area contributed by atoms with Crippen LogP contribution in [0.5, 0.6) is 11.6 Å². The first-order valence-electron chi connectivity index (χ1n) is 11.0. The second-order valence-corrected chi connectivity index (χ2v) is 8.10. The van der Waals surface area contributed by atoms with Gasteiger partial charge in [-0.3, -0.25) is 4.90 Å². The van der Waals surface area contributed by atoms with Crippen molar-refractivity contribution in [3.63, 3.8) is 0 Å². The van der Waals surface area contributed by atoms with E-state index < -0.39 is 6.10 Å². The van der Waals surface area contributed by atoms with Crippen LogP contribution in [0.4, 0.5) is 0 Å². The van der Waals surface area contributed by atoms with Crippen molar-refractivity contribution in [2.24, 2.45) is 7.05 Å². The Morgan fingerprint density at radius 3 is 2.55 bits per heavy atom. The monoisotopic (exact) mass is 473 g/mol. The second-order valence-electron chi connectivity index (χ2n) is 7.70. The number of benzene rings is 2. The summed E-state index contributed by atoms with van der Waals surface area (Å²) >= 11 is 6.37. The topological polar surface area (TPSA) is 69.0 Å². The lowest BCUT2D eigenvalue weighted by Crippen LogP contribution is -2.36. The Hall–Kier alpha value is -2.42. The largest absolute Gasteiger partial charge is 0.437 e. The molecule has 33 heavy (non-hydrogen) atoms. The fourth-order valence-electron chi connectivity index (χ4n) is 3.57. The molecule has 1 unspecified atom stereocenters. The number of nitrogens with zero attached hydrogens (tertiary/aromatic N) is 3. The van der Waals surface area contributed by atoms with Crippen molar-refractivity contribution in [1.29, 1.82) is 0 Å². The minimum absolute atomic E-state index is 0.279. The number of methoxy groups -OCH3 is 1. The van der Waals surface area contributed by atoms with Gasteiger partial charge in [-0.05, 0) is 19.1 Å². The van der Waals surface area contributed by atoms with Gasteiger partial charge in [-0.25, -0.2) is 4.68 Å². The molecule has 0 fully saturated rings. The number of aromatic nitrogens is 2. The van der Waals surface area contributed by atoms with Crippen LogP contribution in [0.3, 0.4) is 0 Å². The summed E-state index contributed by atoms with van der Waals surface area (Å²) in [6, 6.07) is 17.3. The lowest BCUT2D eigenvalue weighted by molar-refractivity contribution is 0.0148. The average Bonchev–Trinajstić information content (AvgIpc) is 3.13. The maximum absolute atomic E-state index is 10.5. The molecule has 3 aromatic rings. The van der Waals surface area contributed by atoms with Crippen LogP contribution in [-0.4, -0.2) is 65.9 Å². The molecule has 0 radical (unpaired) electrons. The quantitative estimate of drug-likeness (QED) is 0.397. The van der Waals surface area contributed by atoms with Gasteiger partial charge in [-0.15, -0.1) is 0 Å². The molecule has 1 N–H and O–H groups in total. The predicted molar refractivity (Wildman–Crippen MR) is 130 cm³/mol. The zero-order valence-electron chi connectivity index (χ0n) is 19.4.